The van der Waals surface area contributed by atoms with Gasteiger partial charge in [-0.3, -0.25) is 9.59 Å². The van der Waals surface area contributed by atoms with Crippen LogP contribution in [0.25, 0.3) is 0 Å². The molecule has 0 saturated heterocycles. The third kappa shape index (κ3) is 7.23. The maximum atomic E-state index is 11.7. The molecule has 0 bridgehead atoms. The highest BCUT2D eigenvalue weighted by atomic mass is 32.2. The van der Waals surface area contributed by atoms with Gasteiger partial charge in [0.15, 0.2) is 0 Å². The van der Waals surface area contributed by atoms with Gasteiger partial charge in [0, 0.05) is 11.8 Å². The molecule has 0 aromatic rings. The van der Waals surface area contributed by atoms with E-state index in [0.29, 0.717) is 0 Å². The molecule has 0 aromatic carbocycles. The Balaban J connectivity index is 3.93. The minimum absolute atomic E-state index is 0.0615. The summed E-state index contributed by atoms with van der Waals surface area (Å²) < 4.78 is 0. The van der Waals surface area contributed by atoms with E-state index in [2.05, 4.69) is 12.2 Å². The van der Waals surface area contributed by atoms with Crippen molar-refractivity contribution in [1.29, 1.82) is 0 Å². The number of rotatable bonds is 8. The SMILES string of the molecule is CCCC(C)NC(=O)C(C)SCC(N)C(=O)O. The van der Waals surface area contributed by atoms with E-state index in [1.54, 1.807) is 6.92 Å². The number of aliphatic carboxylic acids is 1. The number of thioether (sulfide) groups is 1. The topological polar surface area (TPSA) is 92.4 Å². The predicted octanol–water partition coefficient (Wildman–Crippen LogP) is 0.825. The van der Waals surface area contributed by atoms with Gasteiger partial charge in [0.25, 0.3) is 0 Å². The van der Waals surface area contributed by atoms with E-state index in [1.165, 1.54) is 11.8 Å². The summed E-state index contributed by atoms with van der Waals surface area (Å²) in [4.78, 5) is 22.2. The third-order valence-corrected chi connectivity index (χ3v) is 3.59. The lowest BCUT2D eigenvalue weighted by Crippen LogP contribution is -2.39. The Bertz CT molecular complexity index is 261. The normalized spacial score (nSPS) is 16.0. The average molecular weight is 262 g/mol. The van der Waals surface area contributed by atoms with E-state index >= 15 is 0 Å². The Morgan fingerprint density at radius 1 is 1.41 bits per heavy atom. The largest absolute Gasteiger partial charge is 0.480 e. The molecule has 3 atom stereocenters. The van der Waals surface area contributed by atoms with Crippen LogP contribution in [0.15, 0.2) is 0 Å². The first-order chi connectivity index (χ1) is 7.88. The van der Waals surface area contributed by atoms with Crippen LogP contribution in [0.3, 0.4) is 0 Å². The first kappa shape index (κ1) is 16.2. The van der Waals surface area contributed by atoms with Gasteiger partial charge in [-0.05, 0) is 20.3 Å². The molecular formula is C11H22N2O3S. The quantitative estimate of drug-likeness (QED) is 0.602. The van der Waals surface area contributed by atoms with Crippen LogP contribution in [0.1, 0.15) is 33.6 Å². The Labute approximate surface area is 107 Å². The predicted molar refractivity (Wildman–Crippen MR) is 70.0 cm³/mol. The molecule has 0 aliphatic carbocycles. The van der Waals surface area contributed by atoms with Crippen molar-refractivity contribution < 1.29 is 14.7 Å². The van der Waals surface area contributed by atoms with Crippen molar-refractivity contribution in [2.24, 2.45) is 5.73 Å². The summed E-state index contributed by atoms with van der Waals surface area (Å²) in [5.41, 5.74) is 5.36. The Hall–Kier alpha value is -0.750. The zero-order chi connectivity index (χ0) is 13.4. The summed E-state index contributed by atoms with van der Waals surface area (Å²) in [6.07, 6.45) is 1.96. The molecule has 0 rings (SSSR count). The molecule has 1 amide bonds. The van der Waals surface area contributed by atoms with Crippen molar-refractivity contribution in [2.75, 3.05) is 5.75 Å². The van der Waals surface area contributed by atoms with Crippen LogP contribution in [-0.4, -0.2) is 40.1 Å². The first-order valence-electron chi connectivity index (χ1n) is 5.78. The van der Waals surface area contributed by atoms with Crippen molar-refractivity contribution in [3.8, 4) is 0 Å². The van der Waals surface area contributed by atoms with Crippen LogP contribution in [-0.2, 0) is 9.59 Å². The van der Waals surface area contributed by atoms with E-state index in [1.807, 2.05) is 6.92 Å². The van der Waals surface area contributed by atoms with Gasteiger partial charge >= 0.3 is 5.97 Å². The van der Waals surface area contributed by atoms with E-state index in [0.717, 1.165) is 12.8 Å². The maximum absolute atomic E-state index is 11.7. The number of hydrogen-bond acceptors (Lipinski definition) is 4. The number of carbonyl (C=O) groups excluding carboxylic acids is 1. The van der Waals surface area contributed by atoms with Crippen LogP contribution < -0.4 is 11.1 Å². The molecule has 100 valence electrons. The summed E-state index contributed by atoms with van der Waals surface area (Å²) in [5, 5.41) is 11.2. The second kappa shape index (κ2) is 8.36. The van der Waals surface area contributed by atoms with Gasteiger partial charge in [-0.2, -0.15) is 0 Å². The second-order valence-corrected chi connectivity index (χ2v) is 5.49. The lowest BCUT2D eigenvalue weighted by atomic mass is 10.2. The Kier molecular flexibility index (Phi) is 7.99. The van der Waals surface area contributed by atoms with Crippen LogP contribution in [0.2, 0.25) is 0 Å². The number of carboxylic acids is 1. The molecule has 0 fully saturated rings. The molecule has 0 saturated carbocycles. The van der Waals surface area contributed by atoms with E-state index < -0.39 is 12.0 Å². The first-order valence-corrected chi connectivity index (χ1v) is 6.83. The summed E-state index contributed by atoms with van der Waals surface area (Å²) in [5.74, 6) is -0.857. The van der Waals surface area contributed by atoms with Gasteiger partial charge in [-0.1, -0.05) is 13.3 Å². The molecule has 5 nitrogen and oxygen atoms in total. The Morgan fingerprint density at radius 2 is 2.00 bits per heavy atom. The minimum atomic E-state index is -1.04. The van der Waals surface area contributed by atoms with Crippen LogP contribution in [0.4, 0.5) is 0 Å². The summed E-state index contributed by atoms with van der Waals surface area (Å²) in [6.45, 7) is 5.78. The van der Waals surface area contributed by atoms with Crippen LogP contribution >= 0.6 is 11.8 Å². The number of carbonyl (C=O) groups is 2. The monoisotopic (exact) mass is 262 g/mol. The second-order valence-electron chi connectivity index (χ2n) is 4.12. The standard InChI is InChI=1S/C11H22N2O3S/c1-4-5-7(2)13-10(14)8(3)17-6-9(12)11(15)16/h7-9H,4-6,12H2,1-3H3,(H,13,14)(H,15,16). The number of nitrogens with two attached hydrogens (primary N) is 1. The number of amides is 1. The summed E-state index contributed by atoms with van der Waals surface area (Å²) in [7, 11) is 0. The highest BCUT2D eigenvalue weighted by Crippen LogP contribution is 2.12. The van der Waals surface area contributed by atoms with Gasteiger partial charge in [-0.15, -0.1) is 11.8 Å². The van der Waals surface area contributed by atoms with Gasteiger partial charge in [-0.25, -0.2) is 0 Å². The van der Waals surface area contributed by atoms with E-state index in [9.17, 15) is 9.59 Å². The van der Waals surface area contributed by atoms with Crippen molar-refractivity contribution in [2.45, 2.75) is 50.9 Å². The average Bonchev–Trinajstić information content (AvgIpc) is 2.25. The molecule has 0 aliphatic rings. The van der Waals surface area contributed by atoms with Gasteiger partial charge in [0.1, 0.15) is 6.04 Å². The van der Waals surface area contributed by atoms with Crippen molar-refractivity contribution in [3.05, 3.63) is 0 Å². The van der Waals surface area contributed by atoms with Crippen LogP contribution in [0.5, 0.6) is 0 Å². The molecule has 0 heterocycles. The molecule has 17 heavy (non-hydrogen) atoms. The summed E-state index contributed by atoms with van der Waals surface area (Å²) >= 11 is 1.26. The zero-order valence-corrected chi connectivity index (χ0v) is 11.4. The van der Waals surface area contributed by atoms with Crippen LogP contribution in [0, 0.1) is 0 Å². The maximum Gasteiger partial charge on any atom is 0.321 e. The molecule has 4 N–H and O–H groups in total. The van der Waals surface area contributed by atoms with Gasteiger partial charge < -0.3 is 16.2 Å². The van der Waals surface area contributed by atoms with Crippen molar-refractivity contribution >= 4 is 23.6 Å². The highest BCUT2D eigenvalue weighted by Gasteiger charge is 2.18. The highest BCUT2D eigenvalue weighted by molar-refractivity contribution is 8.00. The van der Waals surface area contributed by atoms with Crippen molar-refractivity contribution in [3.63, 3.8) is 0 Å². The Morgan fingerprint density at radius 3 is 2.47 bits per heavy atom. The fraction of sp³-hybridized carbons (Fsp3) is 0.818. The molecular weight excluding hydrogens is 240 g/mol. The lowest BCUT2D eigenvalue weighted by Gasteiger charge is -2.17. The molecule has 0 aromatic heterocycles. The number of carboxylic acid groups (broad SMARTS) is 1. The van der Waals surface area contributed by atoms with Gasteiger partial charge in [0.2, 0.25) is 5.91 Å². The smallest absolute Gasteiger partial charge is 0.321 e. The molecule has 0 aliphatic heterocycles. The molecule has 0 radical (unpaired) electrons. The summed E-state index contributed by atoms with van der Waals surface area (Å²) in [6, 6.07) is -0.757. The third-order valence-electron chi connectivity index (χ3n) is 2.32. The fourth-order valence-corrected chi connectivity index (χ4v) is 2.12. The number of hydrogen-bond donors (Lipinski definition) is 3. The molecule has 3 unspecified atom stereocenters. The fourth-order valence-electron chi connectivity index (χ4n) is 1.26. The molecule has 6 heteroatoms. The van der Waals surface area contributed by atoms with E-state index in [-0.39, 0.29) is 23.0 Å². The lowest BCUT2D eigenvalue weighted by molar-refractivity contribution is -0.138. The molecule has 0 spiro atoms. The van der Waals surface area contributed by atoms with E-state index in [4.69, 9.17) is 10.8 Å². The number of nitrogens with one attached hydrogen (secondary N) is 1. The minimum Gasteiger partial charge on any atom is -0.480 e. The zero-order valence-electron chi connectivity index (χ0n) is 10.6. The van der Waals surface area contributed by atoms with Crippen molar-refractivity contribution in [1.82, 2.24) is 5.32 Å². The van der Waals surface area contributed by atoms with Gasteiger partial charge in [0.05, 0.1) is 5.25 Å².